The van der Waals surface area contributed by atoms with Crippen molar-refractivity contribution in [1.29, 1.82) is 0 Å². The SMILES string of the molecule is CNC(c1ccc(Cl)s1)c1scnc1C. The third kappa shape index (κ3) is 2.23. The normalized spacial score (nSPS) is 13.0. The number of hydrogen-bond acceptors (Lipinski definition) is 4. The molecule has 0 radical (unpaired) electrons. The van der Waals surface area contributed by atoms with Crippen molar-refractivity contribution in [3.8, 4) is 0 Å². The van der Waals surface area contributed by atoms with Crippen LogP contribution in [0.1, 0.15) is 21.5 Å². The molecule has 2 rings (SSSR count). The molecule has 1 atom stereocenters. The van der Waals surface area contributed by atoms with Gasteiger partial charge in [-0.1, -0.05) is 11.6 Å². The van der Waals surface area contributed by atoms with Gasteiger partial charge >= 0.3 is 0 Å². The molecule has 0 aliphatic rings. The topological polar surface area (TPSA) is 24.9 Å². The largest absolute Gasteiger partial charge is 0.308 e. The van der Waals surface area contributed by atoms with Gasteiger partial charge in [-0.3, -0.25) is 0 Å². The Hall–Kier alpha value is -0.420. The van der Waals surface area contributed by atoms with Crippen LogP contribution in [-0.2, 0) is 0 Å². The fraction of sp³-hybridized carbons (Fsp3) is 0.300. The Morgan fingerprint density at radius 2 is 2.27 bits per heavy atom. The van der Waals surface area contributed by atoms with Crippen LogP contribution < -0.4 is 5.32 Å². The van der Waals surface area contributed by atoms with Gasteiger partial charge in [-0.25, -0.2) is 4.98 Å². The van der Waals surface area contributed by atoms with Crippen LogP contribution in [0.3, 0.4) is 0 Å². The lowest BCUT2D eigenvalue weighted by atomic mass is 10.2. The summed E-state index contributed by atoms with van der Waals surface area (Å²) >= 11 is 9.23. The van der Waals surface area contributed by atoms with Gasteiger partial charge in [0.1, 0.15) is 0 Å². The molecule has 0 amide bonds. The number of thiazole rings is 1. The van der Waals surface area contributed by atoms with Gasteiger partial charge in [0.2, 0.25) is 0 Å². The van der Waals surface area contributed by atoms with Crippen LogP contribution in [0.2, 0.25) is 4.34 Å². The predicted octanol–water partition coefficient (Wildman–Crippen LogP) is 3.48. The number of aryl methyl sites for hydroxylation is 1. The predicted molar refractivity (Wildman–Crippen MR) is 67.1 cm³/mol. The lowest BCUT2D eigenvalue weighted by Gasteiger charge is -2.12. The molecule has 5 heteroatoms. The summed E-state index contributed by atoms with van der Waals surface area (Å²) < 4.78 is 0.826. The second-order valence-corrected chi connectivity index (χ2v) is 5.80. The second-order valence-electron chi connectivity index (χ2n) is 3.17. The molecule has 1 unspecified atom stereocenters. The fourth-order valence-electron chi connectivity index (χ4n) is 1.47. The maximum absolute atomic E-state index is 5.94. The molecule has 0 fully saturated rings. The molecule has 2 heterocycles. The Morgan fingerprint density at radius 3 is 2.73 bits per heavy atom. The Bertz CT molecular complexity index is 450. The minimum Gasteiger partial charge on any atom is -0.308 e. The highest BCUT2D eigenvalue weighted by Gasteiger charge is 2.17. The molecule has 1 N–H and O–H groups in total. The van der Waals surface area contributed by atoms with E-state index >= 15 is 0 Å². The van der Waals surface area contributed by atoms with E-state index in [4.69, 9.17) is 11.6 Å². The Morgan fingerprint density at radius 1 is 1.47 bits per heavy atom. The highest BCUT2D eigenvalue weighted by atomic mass is 35.5. The molecular formula is C10H11ClN2S2. The Kier molecular flexibility index (Phi) is 3.41. The van der Waals surface area contributed by atoms with Crippen molar-refractivity contribution >= 4 is 34.3 Å². The molecule has 2 aromatic heterocycles. The summed E-state index contributed by atoms with van der Waals surface area (Å²) in [6.07, 6.45) is 0. The number of halogens is 1. The molecule has 0 spiro atoms. The molecule has 2 aromatic rings. The van der Waals surface area contributed by atoms with Crippen LogP contribution in [-0.4, -0.2) is 12.0 Å². The van der Waals surface area contributed by atoms with Crippen molar-refractivity contribution in [3.05, 3.63) is 37.4 Å². The minimum absolute atomic E-state index is 0.218. The molecule has 0 saturated heterocycles. The average Bonchev–Trinajstić information content (AvgIpc) is 2.79. The maximum Gasteiger partial charge on any atom is 0.0931 e. The van der Waals surface area contributed by atoms with E-state index < -0.39 is 0 Å². The van der Waals surface area contributed by atoms with Crippen LogP contribution in [0.15, 0.2) is 17.6 Å². The lowest BCUT2D eigenvalue weighted by molar-refractivity contribution is 0.710. The van der Waals surface area contributed by atoms with Gasteiger partial charge in [-0.2, -0.15) is 0 Å². The zero-order valence-electron chi connectivity index (χ0n) is 8.45. The van der Waals surface area contributed by atoms with E-state index in [2.05, 4.69) is 16.4 Å². The first-order chi connectivity index (χ1) is 7.22. The molecule has 0 aliphatic heterocycles. The van der Waals surface area contributed by atoms with E-state index in [0.29, 0.717) is 0 Å². The highest BCUT2D eigenvalue weighted by molar-refractivity contribution is 7.16. The van der Waals surface area contributed by atoms with Gasteiger partial charge < -0.3 is 5.32 Å². The summed E-state index contributed by atoms with van der Waals surface area (Å²) in [5, 5.41) is 3.30. The zero-order valence-corrected chi connectivity index (χ0v) is 10.8. The highest BCUT2D eigenvalue weighted by Crippen LogP contribution is 2.33. The van der Waals surface area contributed by atoms with E-state index in [1.165, 1.54) is 9.75 Å². The smallest absolute Gasteiger partial charge is 0.0931 e. The van der Waals surface area contributed by atoms with E-state index in [1.54, 1.807) is 22.7 Å². The molecule has 80 valence electrons. The van der Waals surface area contributed by atoms with Gasteiger partial charge in [0, 0.05) is 9.75 Å². The first kappa shape index (κ1) is 11.1. The molecule has 15 heavy (non-hydrogen) atoms. The monoisotopic (exact) mass is 258 g/mol. The minimum atomic E-state index is 0.218. The van der Waals surface area contributed by atoms with Crippen molar-refractivity contribution < 1.29 is 0 Å². The fourth-order valence-corrected chi connectivity index (χ4v) is 3.66. The summed E-state index contributed by atoms with van der Waals surface area (Å²) in [5.41, 5.74) is 2.97. The van der Waals surface area contributed by atoms with Crippen LogP contribution in [0.5, 0.6) is 0 Å². The number of hydrogen-bond donors (Lipinski definition) is 1. The van der Waals surface area contributed by atoms with Crippen molar-refractivity contribution in [3.63, 3.8) is 0 Å². The first-order valence-electron chi connectivity index (χ1n) is 4.55. The maximum atomic E-state index is 5.94. The van der Waals surface area contributed by atoms with Gasteiger partial charge in [-0.15, -0.1) is 22.7 Å². The van der Waals surface area contributed by atoms with E-state index in [1.807, 2.05) is 25.5 Å². The van der Waals surface area contributed by atoms with Gasteiger partial charge in [0.15, 0.2) is 0 Å². The first-order valence-corrected chi connectivity index (χ1v) is 6.62. The average molecular weight is 259 g/mol. The summed E-state index contributed by atoms with van der Waals surface area (Å²) in [7, 11) is 1.96. The number of nitrogens with zero attached hydrogens (tertiary/aromatic N) is 1. The van der Waals surface area contributed by atoms with E-state index in [9.17, 15) is 0 Å². The molecule has 0 saturated carbocycles. The summed E-state index contributed by atoms with van der Waals surface area (Å²) in [4.78, 5) is 6.76. The molecule has 2 nitrogen and oxygen atoms in total. The van der Waals surface area contributed by atoms with Crippen LogP contribution >= 0.6 is 34.3 Å². The van der Waals surface area contributed by atoms with Crippen molar-refractivity contribution in [2.24, 2.45) is 0 Å². The molecular weight excluding hydrogens is 248 g/mol. The van der Waals surface area contributed by atoms with Gasteiger partial charge in [0.25, 0.3) is 0 Å². The number of thiophene rings is 1. The summed E-state index contributed by atoms with van der Waals surface area (Å²) in [6.45, 7) is 2.03. The summed E-state index contributed by atoms with van der Waals surface area (Å²) in [6, 6.07) is 4.21. The van der Waals surface area contributed by atoms with Crippen molar-refractivity contribution in [2.75, 3.05) is 7.05 Å². The Balaban J connectivity index is 2.36. The standard InChI is InChI=1S/C10H11ClN2S2/c1-6-10(14-5-13-6)9(12-2)7-3-4-8(11)15-7/h3-5,9,12H,1-2H3. The summed E-state index contributed by atoms with van der Waals surface area (Å²) in [5.74, 6) is 0. The third-order valence-electron chi connectivity index (χ3n) is 2.21. The third-order valence-corrected chi connectivity index (χ3v) is 4.50. The number of nitrogens with one attached hydrogen (secondary N) is 1. The number of aromatic nitrogens is 1. The van der Waals surface area contributed by atoms with Crippen LogP contribution in [0.4, 0.5) is 0 Å². The van der Waals surface area contributed by atoms with E-state index in [0.717, 1.165) is 10.0 Å². The molecule has 0 aromatic carbocycles. The Labute approximate surface area is 102 Å². The van der Waals surface area contributed by atoms with Crippen LogP contribution in [0.25, 0.3) is 0 Å². The van der Waals surface area contributed by atoms with Crippen molar-refractivity contribution in [1.82, 2.24) is 10.3 Å². The molecule has 0 aliphatic carbocycles. The quantitative estimate of drug-likeness (QED) is 0.912. The lowest BCUT2D eigenvalue weighted by Crippen LogP contribution is -2.16. The van der Waals surface area contributed by atoms with Gasteiger partial charge in [0.05, 0.1) is 21.6 Å². The van der Waals surface area contributed by atoms with E-state index in [-0.39, 0.29) is 6.04 Å². The number of rotatable bonds is 3. The van der Waals surface area contributed by atoms with Gasteiger partial charge in [-0.05, 0) is 26.1 Å². The molecule has 0 bridgehead atoms. The zero-order chi connectivity index (χ0) is 10.8. The van der Waals surface area contributed by atoms with Crippen molar-refractivity contribution in [2.45, 2.75) is 13.0 Å². The second kappa shape index (κ2) is 4.61. The van der Waals surface area contributed by atoms with Crippen LogP contribution in [0, 0.1) is 6.92 Å².